The Morgan fingerprint density at radius 1 is 1.79 bits per heavy atom. The normalized spacial score (nSPS) is 19.4. The van der Waals surface area contributed by atoms with Crippen LogP contribution >= 0.6 is 0 Å². The van der Waals surface area contributed by atoms with Crippen molar-refractivity contribution in [2.75, 3.05) is 5.73 Å². The van der Waals surface area contributed by atoms with Gasteiger partial charge < -0.3 is 10.5 Å². The first kappa shape index (κ1) is 9.21. The summed E-state index contributed by atoms with van der Waals surface area (Å²) in [6.45, 7) is 6.37. The molecule has 0 aromatic carbocycles. The molecule has 0 fully saturated rings. The molecule has 1 aromatic rings. The SMILES string of the molecule is C=CCc1cnc(N)c2c1COC2C. The number of allylic oxidation sites excluding steroid dienone is 1. The second kappa shape index (κ2) is 3.42. The third-order valence-corrected chi connectivity index (χ3v) is 2.60. The van der Waals surface area contributed by atoms with E-state index in [4.69, 9.17) is 10.5 Å². The Morgan fingerprint density at radius 3 is 3.29 bits per heavy atom. The van der Waals surface area contributed by atoms with E-state index in [9.17, 15) is 0 Å². The molecule has 0 amide bonds. The Labute approximate surface area is 83.6 Å². The van der Waals surface area contributed by atoms with Crippen molar-refractivity contribution in [1.82, 2.24) is 4.98 Å². The number of anilines is 1. The molecule has 1 aromatic heterocycles. The Hall–Kier alpha value is -1.35. The molecule has 1 atom stereocenters. The minimum Gasteiger partial charge on any atom is -0.383 e. The van der Waals surface area contributed by atoms with Gasteiger partial charge in [-0.3, -0.25) is 0 Å². The summed E-state index contributed by atoms with van der Waals surface area (Å²) in [5.41, 5.74) is 9.24. The first-order valence-electron chi connectivity index (χ1n) is 4.72. The van der Waals surface area contributed by atoms with Crippen LogP contribution in [0.4, 0.5) is 5.82 Å². The van der Waals surface area contributed by atoms with Crippen LogP contribution in [0.5, 0.6) is 0 Å². The van der Waals surface area contributed by atoms with E-state index in [0.29, 0.717) is 12.4 Å². The Balaban J connectivity index is 2.52. The average Bonchev–Trinajstić information content (AvgIpc) is 2.54. The molecule has 0 saturated heterocycles. The average molecular weight is 190 g/mol. The van der Waals surface area contributed by atoms with Gasteiger partial charge in [-0.15, -0.1) is 6.58 Å². The fraction of sp³-hybridized carbons (Fsp3) is 0.364. The van der Waals surface area contributed by atoms with Gasteiger partial charge in [-0.2, -0.15) is 0 Å². The predicted molar refractivity (Wildman–Crippen MR) is 55.8 cm³/mol. The molecular weight excluding hydrogens is 176 g/mol. The quantitative estimate of drug-likeness (QED) is 0.725. The third-order valence-electron chi connectivity index (χ3n) is 2.60. The van der Waals surface area contributed by atoms with Crippen LogP contribution in [0, 0.1) is 0 Å². The van der Waals surface area contributed by atoms with Crippen LogP contribution in [0.2, 0.25) is 0 Å². The number of aromatic nitrogens is 1. The standard InChI is InChI=1S/C11H14N2O/c1-3-4-8-5-13-11(12)10-7(2)14-6-9(8)10/h3,5,7H,1,4,6H2,2H3,(H2,12,13). The number of fused-ring (bicyclic) bond motifs is 1. The van der Waals surface area contributed by atoms with Crippen LogP contribution in [-0.4, -0.2) is 4.98 Å². The lowest BCUT2D eigenvalue weighted by atomic mass is 10.0. The van der Waals surface area contributed by atoms with Gasteiger partial charge in [0.25, 0.3) is 0 Å². The van der Waals surface area contributed by atoms with E-state index in [2.05, 4.69) is 11.6 Å². The van der Waals surface area contributed by atoms with Crippen molar-refractivity contribution in [3.05, 3.63) is 35.5 Å². The van der Waals surface area contributed by atoms with E-state index in [0.717, 1.165) is 12.0 Å². The highest BCUT2D eigenvalue weighted by atomic mass is 16.5. The molecule has 1 aliphatic heterocycles. The molecule has 0 saturated carbocycles. The Bertz CT molecular complexity index is 374. The summed E-state index contributed by atoms with van der Waals surface area (Å²) in [6.07, 6.45) is 4.58. The lowest BCUT2D eigenvalue weighted by Gasteiger charge is -2.08. The van der Waals surface area contributed by atoms with Gasteiger partial charge in [0.15, 0.2) is 0 Å². The highest BCUT2D eigenvalue weighted by Gasteiger charge is 2.24. The maximum absolute atomic E-state index is 5.81. The molecular formula is C11H14N2O. The van der Waals surface area contributed by atoms with E-state index in [1.165, 1.54) is 11.1 Å². The largest absolute Gasteiger partial charge is 0.383 e. The molecule has 0 aliphatic carbocycles. The number of hydrogen-bond acceptors (Lipinski definition) is 3. The number of rotatable bonds is 2. The molecule has 1 aliphatic rings. The van der Waals surface area contributed by atoms with Gasteiger partial charge in [0, 0.05) is 11.8 Å². The van der Waals surface area contributed by atoms with Gasteiger partial charge in [0.1, 0.15) is 5.82 Å². The van der Waals surface area contributed by atoms with Crippen LogP contribution in [0.15, 0.2) is 18.9 Å². The van der Waals surface area contributed by atoms with E-state index in [1.54, 1.807) is 0 Å². The first-order valence-corrected chi connectivity index (χ1v) is 4.72. The van der Waals surface area contributed by atoms with Gasteiger partial charge in [-0.25, -0.2) is 4.98 Å². The van der Waals surface area contributed by atoms with E-state index < -0.39 is 0 Å². The first-order chi connectivity index (χ1) is 6.74. The lowest BCUT2D eigenvalue weighted by Crippen LogP contribution is -2.02. The number of nitrogens with two attached hydrogens (primary N) is 1. The number of hydrogen-bond donors (Lipinski definition) is 1. The van der Waals surface area contributed by atoms with Crippen LogP contribution < -0.4 is 5.73 Å². The summed E-state index contributed by atoms with van der Waals surface area (Å²) >= 11 is 0. The van der Waals surface area contributed by atoms with Crippen molar-refractivity contribution in [2.24, 2.45) is 0 Å². The van der Waals surface area contributed by atoms with Gasteiger partial charge >= 0.3 is 0 Å². The fourth-order valence-electron chi connectivity index (χ4n) is 1.87. The molecule has 14 heavy (non-hydrogen) atoms. The molecule has 3 heteroatoms. The molecule has 1 unspecified atom stereocenters. The lowest BCUT2D eigenvalue weighted by molar-refractivity contribution is 0.0797. The number of pyridine rings is 1. The molecule has 0 radical (unpaired) electrons. The highest BCUT2D eigenvalue weighted by molar-refractivity contribution is 5.51. The van der Waals surface area contributed by atoms with Crippen molar-refractivity contribution in [2.45, 2.75) is 26.1 Å². The molecule has 0 bridgehead atoms. The molecule has 2 rings (SSSR count). The maximum Gasteiger partial charge on any atom is 0.129 e. The summed E-state index contributed by atoms with van der Waals surface area (Å²) in [6, 6.07) is 0. The zero-order chi connectivity index (χ0) is 10.1. The molecule has 74 valence electrons. The van der Waals surface area contributed by atoms with Crippen molar-refractivity contribution in [3.63, 3.8) is 0 Å². The molecule has 2 N–H and O–H groups in total. The monoisotopic (exact) mass is 190 g/mol. The third kappa shape index (κ3) is 1.30. The van der Waals surface area contributed by atoms with Crippen molar-refractivity contribution in [3.8, 4) is 0 Å². The zero-order valence-electron chi connectivity index (χ0n) is 8.29. The topological polar surface area (TPSA) is 48.1 Å². The minimum absolute atomic E-state index is 0.0715. The Kier molecular flexibility index (Phi) is 2.25. The number of ether oxygens (including phenoxy) is 1. The predicted octanol–water partition coefficient (Wildman–Crippen LogP) is 1.98. The maximum atomic E-state index is 5.81. The Morgan fingerprint density at radius 2 is 2.57 bits per heavy atom. The molecule has 3 nitrogen and oxygen atoms in total. The fourth-order valence-corrected chi connectivity index (χ4v) is 1.87. The van der Waals surface area contributed by atoms with Gasteiger partial charge in [-0.05, 0) is 24.5 Å². The summed E-state index contributed by atoms with van der Waals surface area (Å²) in [5.74, 6) is 0.595. The van der Waals surface area contributed by atoms with Gasteiger partial charge in [0.2, 0.25) is 0 Å². The number of nitrogens with zero attached hydrogens (tertiary/aromatic N) is 1. The highest BCUT2D eigenvalue weighted by Crippen LogP contribution is 2.35. The van der Waals surface area contributed by atoms with Crippen LogP contribution in [0.1, 0.15) is 29.7 Å². The van der Waals surface area contributed by atoms with Crippen molar-refractivity contribution < 1.29 is 4.74 Å². The van der Waals surface area contributed by atoms with Crippen LogP contribution in [-0.2, 0) is 17.8 Å². The number of nitrogen functional groups attached to an aromatic ring is 1. The van der Waals surface area contributed by atoms with E-state index in [1.807, 2.05) is 19.2 Å². The smallest absolute Gasteiger partial charge is 0.129 e. The van der Waals surface area contributed by atoms with E-state index in [-0.39, 0.29) is 6.10 Å². The van der Waals surface area contributed by atoms with Gasteiger partial charge in [-0.1, -0.05) is 6.08 Å². The van der Waals surface area contributed by atoms with Crippen LogP contribution in [0.3, 0.4) is 0 Å². The summed E-state index contributed by atoms with van der Waals surface area (Å²) < 4.78 is 5.54. The summed E-state index contributed by atoms with van der Waals surface area (Å²) in [7, 11) is 0. The van der Waals surface area contributed by atoms with E-state index >= 15 is 0 Å². The van der Waals surface area contributed by atoms with Crippen molar-refractivity contribution >= 4 is 5.82 Å². The summed E-state index contributed by atoms with van der Waals surface area (Å²) in [4.78, 5) is 4.17. The van der Waals surface area contributed by atoms with Crippen LogP contribution in [0.25, 0.3) is 0 Å². The molecule has 2 heterocycles. The second-order valence-electron chi connectivity index (χ2n) is 3.51. The zero-order valence-corrected chi connectivity index (χ0v) is 8.29. The summed E-state index contributed by atoms with van der Waals surface area (Å²) in [5, 5.41) is 0. The minimum atomic E-state index is 0.0715. The second-order valence-corrected chi connectivity index (χ2v) is 3.51. The molecule has 0 spiro atoms. The van der Waals surface area contributed by atoms with Gasteiger partial charge in [0.05, 0.1) is 12.7 Å². The van der Waals surface area contributed by atoms with Crippen molar-refractivity contribution in [1.29, 1.82) is 0 Å².